The molecule has 0 fully saturated rings. The van der Waals surface area contributed by atoms with Crippen molar-refractivity contribution in [2.45, 2.75) is 25.3 Å². The van der Waals surface area contributed by atoms with E-state index in [1.54, 1.807) is 18.2 Å². The summed E-state index contributed by atoms with van der Waals surface area (Å²) >= 11 is 0. The summed E-state index contributed by atoms with van der Waals surface area (Å²) in [5.41, 5.74) is 3.34. The molecule has 1 amide bonds. The van der Waals surface area contributed by atoms with Gasteiger partial charge in [0.15, 0.2) is 0 Å². The maximum Gasteiger partial charge on any atom is 0.262 e. The summed E-state index contributed by atoms with van der Waals surface area (Å²) in [5, 5.41) is 5.00. The van der Waals surface area contributed by atoms with E-state index >= 15 is 0 Å². The maximum atomic E-state index is 13.5. The summed E-state index contributed by atoms with van der Waals surface area (Å²) in [5.74, 6) is -0.979. The summed E-state index contributed by atoms with van der Waals surface area (Å²) in [4.78, 5) is 13.2. The average molecular weight is 502 g/mol. The highest BCUT2D eigenvalue weighted by atomic mass is 32.2. The molecule has 0 radical (unpaired) electrons. The first-order valence-corrected chi connectivity index (χ1v) is 13.0. The van der Waals surface area contributed by atoms with Gasteiger partial charge in [0, 0.05) is 34.0 Å². The normalized spacial score (nSPS) is 11.6. The molecule has 0 aliphatic carbocycles. The molecule has 0 unspecified atom stereocenters. The second kappa shape index (κ2) is 9.13. The van der Waals surface area contributed by atoms with Gasteiger partial charge >= 0.3 is 0 Å². The molecule has 5 aromatic rings. The van der Waals surface area contributed by atoms with Crippen LogP contribution in [-0.4, -0.2) is 18.9 Å². The highest BCUT2D eigenvalue weighted by molar-refractivity contribution is 7.92. The quantitative estimate of drug-likeness (QED) is 0.286. The fourth-order valence-corrected chi connectivity index (χ4v) is 5.86. The minimum Gasteiger partial charge on any atom is -0.341 e. The molecule has 0 atom stereocenters. The van der Waals surface area contributed by atoms with Gasteiger partial charge in [0.05, 0.1) is 16.1 Å². The van der Waals surface area contributed by atoms with E-state index < -0.39 is 21.7 Å². The molecule has 0 bridgehead atoms. The Bertz CT molecular complexity index is 1740. The summed E-state index contributed by atoms with van der Waals surface area (Å²) in [6, 6.07) is 23.7. The smallest absolute Gasteiger partial charge is 0.262 e. The van der Waals surface area contributed by atoms with Crippen LogP contribution < -0.4 is 10.0 Å². The Morgan fingerprint density at radius 2 is 1.61 bits per heavy atom. The Labute approximate surface area is 208 Å². The summed E-state index contributed by atoms with van der Waals surface area (Å²) in [7, 11) is -4.04. The number of carbonyl (C=O) groups excluding carboxylic acids is 1. The van der Waals surface area contributed by atoms with Crippen molar-refractivity contribution < 1.29 is 17.6 Å². The molecule has 5 rings (SSSR count). The van der Waals surface area contributed by atoms with Gasteiger partial charge in [-0.25, -0.2) is 12.8 Å². The summed E-state index contributed by atoms with van der Waals surface area (Å²) in [6.07, 6.45) is 0. The van der Waals surface area contributed by atoms with Crippen molar-refractivity contribution in [3.8, 4) is 0 Å². The molecule has 8 heteroatoms. The molecule has 0 saturated carbocycles. The number of para-hydroxylation sites is 2. The number of rotatable bonds is 6. The van der Waals surface area contributed by atoms with Crippen LogP contribution in [0.1, 0.15) is 22.8 Å². The number of halogens is 1. The molecule has 6 nitrogen and oxygen atoms in total. The maximum absolute atomic E-state index is 13.5. The molecule has 0 spiro atoms. The third kappa shape index (κ3) is 4.20. The van der Waals surface area contributed by atoms with Crippen LogP contribution >= 0.6 is 0 Å². The van der Waals surface area contributed by atoms with E-state index in [2.05, 4.69) is 33.7 Å². The first-order valence-electron chi connectivity index (χ1n) is 11.5. The second-order valence-corrected chi connectivity index (χ2v) is 10.2. The Kier molecular flexibility index (Phi) is 5.97. The molecule has 4 aromatic carbocycles. The highest BCUT2D eigenvalue weighted by Gasteiger charge is 2.21. The van der Waals surface area contributed by atoms with Crippen molar-refractivity contribution in [3.63, 3.8) is 0 Å². The predicted molar refractivity (Wildman–Crippen MR) is 141 cm³/mol. The van der Waals surface area contributed by atoms with Crippen molar-refractivity contribution in [3.05, 3.63) is 102 Å². The molecule has 1 aromatic heterocycles. The van der Waals surface area contributed by atoms with Crippen LogP contribution in [0.15, 0.2) is 89.8 Å². The number of hydrogen-bond donors (Lipinski definition) is 2. The molecule has 182 valence electrons. The predicted octanol–water partition coefficient (Wildman–Crippen LogP) is 6.32. The number of aromatic nitrogens is 1. The minimum atomic E-state index is -4.04. The fourth-order valence-electron chi connectivity index (χ4n) is 4.55. The Morgan fingerprint density at radius 3 is 2.39 bits per heavy atom. The lowest BCUT2D eigenvalue weighted by molar-refractivity contribution is 0.102. The van der Waals surface area contributed by atoms with Crippen molar-refractivity contribution in [2.24, 2.45) is 0 Å². The van der Waals surface area contributed by atoms with Gasteiger partial charge in [0.1, 0.15) is 5.82 Å². The first-order chi connectivity index (χ1) is 17.3. The van der Waals surface area contributed by atoms with Gasteiger partial charge in [-0.15, -0.1) is 0 Å². The van der Waals surface area contributed by atoms with Gasteiger partial charge in [-0.05, 0) is 74.0 Å². The van der Waals surface area contributed by atoms with Crippen molar-refractivity contribution in [1.29, 1.82) is 0 Å². The van der Waals surface area contributed by atoms with Gasteiger partial charge in [-0.2, -0.15) is 0 Å². The highest BCUT2D eigenvalue weighted by Crippen LogP contribution is 2.31. The lowest BCUT2D eigenvalue weighted by Crippen LogP contribution is -2.19. The van der Waals surface area contributed by atoms with E-state index in [1.165, 1.54) is 19.1 Å². The lowest BCUT2D eigenvalue weighted by atomic mass is 10.1. The fraction of sp³-hybridized carbons (Fsp3) is 0.107. The molecule has 0 aliphatic rings. The summed E-state index contributed by atoms with van der Waals surface area (Å²) in [6.45, 7) is 4.42. The monoisotopic (exact) mass is 501 g/mol. The van der Waals surface area contributed by atoms with E-state index in [9.17, 15) is 17.6 Å². The third-order valence-corrected chi connectivity index (χ3v) is 7.71. The molecular weight excluding hydrogens is 477 g/mol. The average Bonchev–Trinajstić information content (AvgIpc) is 3.17. The Morgan fingerprint density at radius 1 is 0.889 bits per heavy atom. The van der Waals surface area contributed by atoms with E-state index in [-0.39, 0.29) is 21.7 Å². The van der Waals surface area contributed by atoms with Crippen molar-refractivity contribution >= 4 is 49.1 Å². The zero-order chi connectivity index (χ0) is 25.4. The van der Waals surface area contributed by atoms with Crippen molar-refractivity contribution in [2.75, 3.05) is 10.0 Å². The topological polar surface area (TPSA) is 80.2 Å². The van der Waals surface area contributed by atoms with Gasteiger partial charge in [-0.1, -0.05) is 30.3 Å². The van der Waals surface area contributed by atoms with Crippen LogP contribution in [-0.2, 0) is 16.6 Å². The van der Waals surface area contributed by atoms with E-state index in [4.69, 9.17) is 0 Å². The molecule has 0 aliphatic heterocycles. The van der Waals surface area contributed by atoms with Crippen LogP contribution in [0.25, 0.3) is 21.8 Å². The van der Waals surface area contributed by atoms with E-state index in [0.717, 1.165) is 40.5 Å². The number of carbonyl (C=O) groups is 1. The minimum absolute atomic E-state index is 0.0584. The van der Waals surface area contributed by atoms with E-state index in [1.807, 2.05) is 30.3 Å². The Balaban J connectivity index is 1.47. The Hall–Kier alpha value is -4.17. The zero-order valence-corrected chi connectivity index (χ0v) is 20.6. The van der Waals surface area contributed by atoms with Gasteiger partial charge in [-0.3, -0.25) is 9.52 Å². The third-order valence-electron chi connectivity index (χ3n) is 6.19. The molecule has 1 heterocycles. The number of anilines is 2. The molecule has 0 saturated heterocycles. The van der Waals surface area contributed by atoms with E-state index in [0.29, 0.717) is 5.69 Å². The number of nitrogens with one attached hydrogen (secondary N) is 2. The number of hydrogen-bond acceptors (Lipinski definition) is 3. The van der Waals surface area contributed by atoms with Crippen LogP contribution in [0.3, 0.4) is 0 Å². The number of benzene rings is 4. The van der Waals surface area contributed by atoms with Gasteiger partial charge in [0.2, 0.25) is 0 Å². The molecular formula is C28H24FN3O3S. The van der Waals surface area contributed by atoms with Crippen LogP contribution in [0.2, 0.25) is 0 Å². The molecule has 36 heavy (non-hydrogen) atoms. The second-order valence-electron chi connectivity index (χ2n) is 8.51. The molecule has 2 N–H and O–H groups in total. The van der Waals surface area contributed by atoms with Crippen LogP contribution in [0, 0.1) is 12.7 Å². The largest absolute Gasteiger partial charge is 0.341 e. The van der Waals surface area contributed by atoms with Crippen LogP contribution in [0.4, 0.5) is 15.8 Å². The number of sulfonamides is 1. The number of nitrogens with zero attached hydrogens (tertiary/aromatic N) is 1. The first kappa shape index (κ1) is 23.6. The van der Waals surface area contributed by atoms with Crippen molar-refractivity contribution in [1.82, 2.24) is 4.57 Å². The number of aryl methyl sites for hydroxylation is 2. The summed E-state index contributed by atoms with van der Waals surface area (Å²) < 4.78 is 44.2. The number of fused-ring (bicyclic) bond motifs is 3. The van der Waals surface area contributed by atoms with Crippen LogP contribution in [0.5, 0.6) is 0 Å². The SMILES string of the molecule is CCn1c2ccccc2c2cc(NC(=O)c3ccccc3NS(=O)(=O)c3ccc(F)cc3C)ccc21. The van der Waals surface area contributed by atoms with Gasteiger partial charge in [0.25, 0.3) is 15.9 Å². The number of amides is 1. The van der Waals surface area contributed by atoms with Gasteiger partial charge < -0.3 is 9.88 Å². The zero-order valence-electron chi connectivity index (χ0n) is 19.7. The standard InChI is InChI=1S/C28H24FN3O3S/c1-3-32-25-11-7-5-8-21(25)23-17-20(13-14-26(23)32)30-28(33)22-9-4-6-10-24(22)31-36(34,35)27-15-12-19(29)16-18(27)2/h4-17,31H,3H2,1-2H3,(H,30,33). The lowest BCUT2D eigenvalue weighted by Gasteiger charge is -2.14.